The molecule has 0 radical (unpaired) electrons. The van der Waals surface area contributed by atoms with Crippen molar-refractivity contribution in [2.75, 3.05) is 20.3 Å². The first-order valence-electron chi connectivity index (χ1n) is 5.80. The van der Waals surface area contributed by atoms with Gasteiger partial charge in [0.05, 0.1) is 0 Å². The Morgan fingerprint density at radius 1 is 1.29 bits per heavy atom. The van der Waals surface area contributed by atoms with Crippen LogP contribution < -0.4 is 5.32 Å². The first kappa shape index (κ1) is 15.9. The standard InChI is InChI=1S/C12H23NO4/c1-12(2,3)9(11(15)16)10(14)13-7-5-6-8-17-4/h9H,5-8H2,1-4H3,(H,13,14)(H,15,16). The van der Waals surface area contributed by atoms with E-state index in [1.807, 2.05) is 0 Å². The summed E-state index contributed by atoms with van der Waals surface area (Å²) in [7, 11) is 1.62. The highest BCUT2D eigenvalue weighted by atomic mass is 16.5. The first-order valence-corrected chi connectivity index (χ1v) is 5.80. The lowest BCUT2D eigenvalue weighted by Gasteiger charge is -2.25. The fraction of sp³-hybridized carbons (Fsp3) is 0.833. The van der Waals surface area contributed by atoms with Gasteiger partial charge in [-0.1, -0.05) is 20.8 Å². The molecule has 0 aromatic carbocycles. The van der Waals surface area contributed by atoms with Gasteiger partial charge in [0.2, 0.25) is 5.91 Å². The van der Waals surface area contributed by atoms with Gasteiger partial charge in [0, 0.05) is 20.3 Å². The second kappa shape index (κ2) is 7.27. The fourth-order valence-corrected chi connectivity index (χ4v) is 1.56. The summed E-state index contributed by atoms with van der Waals surface area (Å²) in [5, 5.41) is 11.7. The zero-order valence-electron chi connectivity index (χ0n) is 11.1. The van der Waals surface area contributed by atoms with Gasteiger partial charge < -0.3 is 15.2 Å². The van der Waals surface area contributed by atoms with Gasteiger partial charge in [-0.2, -0.15) is 0 Å². The monoisotopic (exact) mass is 245 g/mol. The third-order valence-corrected chi connectivity index (χ3v) is 2.45. The van der Waals surface area contributed by atoms with Crippen molar-refractivity contribution < 1.29 is 19.4 Å². The van der Waals surface area contributed by atoms with Gasteiger partial charge in [-0.05, 0) is 18.3 Å². The number of hydrogen-bond donors (Lipinski definition) is 2. The molecule has 0 heterocycles. The molecule has 0 aliphatic rings. The van der Waals surface area contributed by atoms with Crippen molar-refractivity contribution >= 4 is 11.9 Å². The molecule has 0 saturated heterocycles. The Morgan fingerprint density at radius 3 is 2.29 bits per heavy atom. The number of unbranched alkanes of at least 4 members (excludes halogenated alkanes) is 1. The number of rotatable bonds is 7. The molecule has 0 saturated carbocycles. The van der Waals surface area contributed by atoms with Crippen LogP contribution in [0.3, 0.4) is 0 Å². The number of carbonyl (C=O) groups is 2. The summed E-state index contributed by atoms with van der Waals surface area (Å²) in [5.74, 6) is -2.50. The molecule has 17 heavy (non-hydrogen) atoms. The van der Waals surface area contributed by atoms with E-state index in [1.165, 1.54) is 0 Å². The summed E-state index contributed by atoms with van der Waals surface area (Å²) in [6.45, 7) is 6.38. The van der Waals surface area contributed by atoms with Crippen molar-refractivity contribution in [2.45, 2.75) is 33.6 Å². The number of carboxylic acids is 1. The molecule has 1 atom stereocenters. The van der Waals surface area contributed by atoms with Crippen LogP contribution in [0.4, 0.5) is 0 Å². The zero-order chi connectivity index (χ0) is 13.5. The normalized spacial score (nSPS) is 13.2. The minimum atomic E-state index is -1.08. The summed E-state index contributed by atoms with van der Waals surface area (Å²) >= 11 is 0. The van der Waals surface area contributed by atoms with Crippen LogP contribution in [-0.4, -0.2) is 37.2 Å². The van der Waals surface area contributed by atoms with Gasteiger partial charge in [0.15, 0.2) is 0 Å². The second-order valence-electron chi connectivity index (χ2n) is 5.13. The van der Waals surface area contributed by atoms with Gasteiger partial charge >= 0.3 is 5.97 Å². The molecule has 0 bridgehead atoms. The van der Waals surface area contributed by atoms with Crippen molar-refractivity contribution in [3.05, 3.63) is 0 Å². The quantitative estimate of drug-likeness (QED) is 0.523. The molecule has 0 aliphatic carbocycles. The molecule has 0 fully saturated rings. The van der Waals surface area contributed by atoms with Crippen LogP contribution in [0.1, 0.15) is 33.6 Å². The van der Waals surface area contributed by atoms with E-state index in [0.717, 1.165) is 12.8 Å². The van der Waals surface area contributed by atoms with Crippen LogP contribution >= 0.6 is 0 Å². The van der Waals surface area contributed by atoms with Crippen LogP contribution in [0, 0.1) is 11.3 Å². The van der Waals surface area contributed by atoms with E-state index in [1.54, 1.807) is 27.9 Å². The molecule has 0 aliphatic heterocycles. The number of carbonyl (C=O) groups excluding carboxylic acids is 1. The molecular weight excluding hydrogens is 222 g/mol. The van der Waals surface area contributed by atoms with E-state index in [0.29, 0.717) is 13.2 Å². The van der Waals surface area contributed by atoms with Crippen LogP contribution in [0.25, 0.3) is 0 Å². The molecule has 5 nitrogen and oxygen atoms in total. The third-order valence-electron chi connectivity index (χ3n) is 2.45. The Hall–Kier alpha value is -1.10. The summed E-state index contributed by atoms with van der Waals surface area (Å²) in [5.41, 5.74) is -0.581. The van der Waals surface area contributed by atoms with Crippen LogP contribution in [0.15, 0.2) is 0 Å². The molecule has 5 heteroatoms. The van der Waals surface area contributed by atoms with Crippen LogP contribution in [0.2, 0.25) is 0 Å². The fourth-order valence-electron chi connectivity index (χ4n) is 1.56. The first-order chi connectivity index (χ1) is 7.80. The van der Waals surface area contributed by atoms with E-state index in [9.17, 15) is 9.59 Å². The average molecular weight is 245 g/mol. The van der Waals surface area contributed by atoms with Crippen molar-refractivity contribution in [1.82, 2.24) is 5.32 Å². The number of carboxylic acid groups (broad SMARTS) is 1. The minimum absolute atomic E-state index is 0.414. The van der Waals surface area contributed by atoms with Gasteiger partial charge in [0.1, 0.15) is 5.92 Å². The molecule has 100 valence electrons. The van der Waals surface area contributed by atoms with Gasteiger partial charge in [-0.3, -0.25) is 9.59 Å². The van der Waals surface area contributed by atoms with E-state index < -0.39 is 23.2 Å². The topological polar surface area (TPSA) is 75.6 Å². The molecule has 2 N–H and O–H groups in total. The van der Waals surface area contributed by atoms with E-state index in [-0.39, 0.29) is 0 Å². The summed E-state index contributed by atoms with van der Waals surface area (Å²) in [4.78, 5) is 22.8. The molecular formula is C12H23NO4. The molecule has 0 aromatic rings. The highest BCUT2D eigenvalue weighted by Crippen LogP contribution is 2.26. The van der Waals surface area contributed by atoms with Crippen molar-refractivity contribution in [2.24, 2.45) is 11.3 Å². The van der Waals surface area contributed by atoms with Crippen molar-refractivity contribution in [1.29, 1.82) is 0 Å². The van der Waals surface area contributed by atoms with Crippen LogP contribution in [0.5, 0.6) is 0 Å². The Labute approximate surface area is 103 Å². The Bertz CT molecular complexity index is 258. The number of hydrogen-bond acceptors (Lipinski definition) is 3. The highest BCUT2D eigenvalue weighted by Gasteiger charge is 2.37. The number of aliphatic carboxylic acids is 1. The lowest BCUT2D eigenvalue weighted by atomic mass is 9.80. The number of ether oxygens (including phenoxy) is 1. The Kier molecular flexibility index (Phi) is 6.80. The lowest BCUT2D eigenvalue weighted by molar-refractivity contribution is -0.151. The SMILES string of the molecule is COCCCCNC(=O)C(C(=O)O)C(C)(C)C. The Balaban J connectivity index is 4.13. The average Bonchev–Trinajstić information content (AvgIpc) is 2.14. The summed E-state index contributed by atoms with van der Waals surface area (Å²) in [6.07, 6.45) is 1.64. The third kappa shape index (κ3) is 6.26. The van der Waals surface area contributed by atoms with Gasteiger partial charge in [0.25, 0.3) is 0 Å². The summed E-state index contributed by atoms with van der Waals surface area (Å²) in [6, 6.07) is 0. The lowest BCUT2D eigenvalue weighted by Crippen LogP contribution is -2.43. The molecule has 0 rings (SSSR count). The van der Waals surface area contributed by atoms with Crippen molar-refractivity contribution in [3.8, 4) is 0 Å². The molecule has 1 amide bonds. The van der Waals surface area contributed by atoms with E-state index in [2.05, 4.69) is 5.32 Å². The van der Waals surface area contributed by atoms with Gasteiger partial charge in [-0.25, -0.2) is 0 Å². The molecule has 0 aromatic heterocycles. The zero-order valence-corrected chi connectivity index (χ0v) is 11.1. The maximum absolute atomic E-state index is 11.7. The highest BCUT2D eigenvalue weighted by molar-refractivity contribution is 5.97. The summed E-state index contributed by atoms with van der Waals surface area (Å²) < 4.78 is 4.88. The Morgan fingerprint density at radius 2 is 1.88 bits per heavy atom. The van der Waals surface area contributed by atoms with E-state index >= 15 is 0 Å². The van der Waals surface area contributed by atoms with Crippen LogP contribution in [-0.2, 0) is 14.3 Å². The van der Waals surface area contributed by atoms with Gasteiger partial charge in [-0.15, -0.1) is 0 Å². The largest absolute Gasteiger partial charge is 0.481 e. The predicted molar refractivity (Wildman–Crippen MR) is 64.7 cm³/mol. The molecule has 0 spiro atoms. The molecule has 1 unspecified atom stereocenters. The van der Waals surface area contributed by atoms with E-state index in [4.69, 9.17) is 9.84 Å². The van der Waals surface area contributed by atoms with Crippen molar-refractivity contribution in [3.63, 3.8) is 0 Å². The smallest absolute Gasteiger partial charge is 0.316 e. The predicted octanol–water partition coefficient (Wildman–Crippen LogP) is 1.28. The second-order valence-corrected chi connectivity index (χ2v) is 5.13. The maximum Gasteiger partial charge on any atom is 0.316 e. The number of methoxy groups -OCH3 is 1. The minimum Gasteiger partial charge on any atom is -0.481 e. The number of amides is 1. The maximum atomic E-state index is 11.7. The number of nitrogens with one attached hydrogen (secondary N) is 1.